The summed E-state index contributed by atoms with van der Waals surface area (Å²) in [5.74, 6) is 2.43. The zero-order valence-electron chi connectivity index (χ0n) is 19.7. The van der Waals surface area contributed by atoms with Crippen molar-refractivity contribution in [2.75, 3.05) is 0 Å². The third-order valence-corrected chi connectivity index (χ3v) is 8.49. The topological polar surface area (TPSA) is 3.88 Å². The first-order valence-corrected chi connectivity index (χ1v) is 12.3. The lowest BCUT2D eigenvalue weighted by molar-refractivity contribution is -0.659. The highest BCUT2D eigenvalue weighted by Crippen LogP contribution is 2.53. The molecular weight excluding hydrogens is 405 g/mol. The molecule has 1 heterocycles. The Bertz CT molecular complexity index is 1370. The third kappa shape index (κ3) is 3.30. The second kappa shape index (κ2) is 7.80. The lowest BCUT2D eigenvalue weighted by atomic mass is 9.82. The van der Waals surface area contributed by atoms with Gasteiger partial charge in [0.25, 0.3) is 0 Å². The van der Waals surface area contributed by atoms with Crippen LogP contribution in [0.4, 0.5) is 4.39 Å². The van der Waals surface area contributed by atoms with Gasteiger partial charge in [-0.2, -0.15) is 0 Å². The molecular formula is C31H31FN+. The maximum absolute atomic E-state index is 15.4. The van der Waals surface area contributed by atoms with Crippen LogP contribution in [-0.2, 0) is 7.05 Å². The second-order valence-electron chi connectivity index (χ2n) is 10.3. The van der Waals surface area contributed by atoms with Crippen LogP contribution in [-0.4, -0.2) is 0 Å². The Morgan fingerprint density at radius 1 is 0.848 bits per heavy atom. The van der Waals surface area contributed by atoms with Crippen molar-refractivity contribution < 1.29 is 8.96 Å². The number of benzene rings is 3. The van der Waals surface area contributed by atoms with Gasteiger partial charge >= 0.3 is 0 Å². The van der Waals surface area contributed by atoms with Gasteiger partial charge in [-0.1, -0.05) is 48.9 Å². The summed E-state index contributed by atoms with van der Waals surface area (Å²) in [4.78, 5) is 0. The van der Waals surface area contributed by atoms with Crippen LogP contribution in [0.2, 0.25) is 0 Å². The van der Waals surface area contributed by atoms with Gasteiger partial charge in [-0.05, 0) is 90.6 Å². The highest BCUT2D eigenvalue weighted by molar-refractivity contribution is 5.95. The number of aryl methyl sites for hydroxylation is 1. The van der Waals surface area contributed by atoms with Crippen LogP contribution in [0.5, 0.6) is 0 Å². The molecule has 0 aliphatic heterocycles. The fraction of sp³-hybridized carbons (Fsp3) is 0.323. The number of nitrogens with zero attached hydrogens (tertiary/aromatic N) is 1. The van der Waals surface area contributed by atoms with Gasteiger partial charge in [0.05, 0.1) is 10.9 Å². The molecule has 2 bridgehead atoms. The predicted octanol–water partition coefficient (Wildman–Crippen LogP) is 7.66. The van der Waals surface area contributed by atoms with E-state index in [0.717, 1.165) is 45.7 Å². The fourth-order valence-electron chi connectivity index (χ4n) is 6.57. The van der Waals surface area contributed by atoms with Gasteiger partial charge in [-0.3, -0.25) is 0 Å². The third-order valence-electron chi connectivity index (χ3n) is 8.49. The Morgan fingerprint density at radius 3 is 2.39 bits per heavy atom. The largest absolute Gasteiger partial charge is 0.220 e. The molecule has 2 saturated carbocycles. The molecule has 2 aliphatic carbocycles. The van der Waals surface area contributed by atoms with E-state index in [1.807, 2.05) is 50.2 Å². The first-order chi connectivity index (χ1) is 16.0. The molecule has 0 N–H and O–H groups in total. The second-order valence-corrected chi connectivity index (χ2v) is 10.3. The van der Waals surface area contributed by atoms with Gasteiger partial charge in [0.15, 0.2) is 6.20 Å². The number of fused-ring (bicyclic) bond motifs is 3. The van der Waals surface area contributed by atoms with Crippen LogP contribution >= 0.6 is 0 Å². The molecule has 0 saturated heterocycles. The van der Waals surface area contributed by atoms with Crippen molar-refractivity contribution in [2.45, 2.75) is 45.4 Å². The van der Waals surface area contributed by atoms with Crippen LogP contribution in [0.1, 0.15) is 48.3 Å². The number of halogens is 1. The summed E-state index contributed by atoms with van der Waals surface area (Å²) >= 11 is 0. The summed E-state index contributed by atoms with van der Waals surface area (Å²) in [6, 6.07) is 21.3. The molecule has 4 aromatic rings. The number of pyridine rings is 1. The number of rotatable bonds is 3. The van der Waals surface area contributed by atoms with Crippen LogP contribution in [0.15, 0.2) is 66.9 Å². The molecule has 0 spiro atoms. The molecule has 0 radical (unpaired) electrons. The molecule has 1 nitrogen and oxygen atoms in total. The van der Waals surface area contributed by atoms with Gasteiger partial charge in [0, 0.05) is 11.6 Å². The Labute approximate surface area is 195 Å². The van der Waals surface area contributed by atoms with E-state index in [4.69, 9.17) is 0 Å². The summed E-state index contributed by atoms with van der Waals surface area (Å²) in [5.41, 5.74) is 7.09. The maximum atomic E-state index is 15.4. The fourth-order valence-corrected chi connectivity index (χ4v) is 6.57. The van der Waals surface area contributed by atoms with Crippen LogP contribution in [0, 0.1) is 31.5 Å². The van der Waals surface area contributed by atoms with Crippen molar-refractivity contribution in [1.82, 2.24) is 0 Å². The number of hydrogen-bond donors (Lipinski definition) is 0. The molecule has 3 unspecified atom stereocenters. The summed E-state index contributed by atoms with van der Waals surface area (Å²) in [7, 11) is 2.10. The molecule has 1 aromatic heterocycles. The summed E-state index contributed by atoms with van der Waals surface area (Å²) in [6.45, 7) is 3.95. The Balaban J connectivity index is 1.52. The molecule has 0 amide bonds. The SMILES string of the molecule is Cc1c(-c2c3ccc(C4CC5CCC4C5)cc3cc[n+]2C)cc(-c2ccccc2)c(F)c1C. The van der Waals surface area contributed by atoms with Crippen LogP contribution in [0.25, 0.3) is 33.2 Å². The smallest absolute Gasteiger partial charge is 0.206 e. The quantitative estimate of drug-likeness (QED) is 0.290. The van der Waals surface area contributed by atoms with Gasteiger partial charge in [0.2, 0.25) is 5.69 Å². The average molecular weight is 437 g/mol. The van der Waals surface area contributed by atoms with E-state index in [1.165, 1.54) is 42.0 Å². The van der Waals surface area contributed by atoms with Gasteiger partial charge in [-0.15, -0.1) is 0 Å². The summed E-state index contributed by atoms with van der Waals surface area (Å²) in [6.07, 6.45) is 7.78. The molecule has 3 atom stereocenters. The first kappa shape index (κ1) is 20.6. The molecule has 3 aromatic carbocycles. The van der Waals surface area contributed by atoms with E-state index in [2.05, 4.69) is 42.1 Å². The van der Waals surface area contributed by atoms with Crippen molar-refractivity contribution in [1.29, 1.82) is 0 Å². The van der Waals surface area contributed by atoms with E-state index >= 15 is 4.39 Å². The Kier molecular flexibility index (Phi) is 4.87. The van der Waals surface area contributed by atoms with Gasteiger partial charge in [0.1, 0.15) is 12.9 Å². The first-order valence-electron chi connectivity index (χ1n) is 12.3. The van der Waals surface area contributed by atoms with E-state index < -0.39 is 0 Å². The lowest BCUT2D eigenvalue weighted by Gasteiger charge is -2.22. The van der Waals surface area contributed by atoms with Crippen molar-refractivity contribution in [3.63, 3.8) is 0 Å². The minimum Gasteiger partial charge on any atom is -0.206 e. The zero-order chi connectivity index (χ0) is 22.7. The van der Waals surface area contributed by atoms with Crippen molar-refractivity contribution >= 4 is 10.8 Å². The Morgan fingerprint density at radius 2 is 1.67 bits per heavy atom. The van der Waals surface area contributed by atoms with Gasteiger partial charge < -0.3 is 0 Å². The number of aromatic nitrogens is 1. The highest BCUT2D eigenvalue weighted by Gasteiger charge is 2.40. The molecule has 166 valence electrons. The van der Waals surface area contributed by atoms with Crippen molar-refractivity contribution in [2.24, 2.45) is 18.9 Å². The van der Waals surface area contributed by atoms with Crippen molar-refractivity contribution in [3.8, 4) is 22.4 Å². The average Bonchev–Trinajstić information content (AvgIpc) is 3.48. The lowest BCUT2D eigenvalue weighted by Crippen LogP contribution is -2.31. The minimum atomic E-state index is -0.121. The zero-order valence-corrected chi connectivity index (χ0v) is 19.7. The monoisotopic (exact) mass is 436 g/mol. The van der Waals surface area contributed by atoms with Gasteiger partial charge in [-0.25, -0.2) is 8.96 Å². The normalized spacial score (nSPS) is 21.8. The van der Waals surface area contributed by atoms with E-state index in [-0.39, 0.29) is 5.82 Å². The molecule has 2 heteroatoms. The molecule has 2 fully saturated rings. The van der Waals surface area contributed by atoms with Crippen LogP contribution < -0.4 is 4.57 Å². The molecule has 33 heavy (non-hydrogen) atoms. The molecule has 2 aliphatic rings. The Hall–Kier alpha value is -3.00. The predicted molar refractivity (Wildman–Crippen MR) is 134 cm³/mol. The molecule has 6 rings (SSSR count). The highest BCUT2D eigenvalue weighted by atomic mass is 19.1. The van der Waals surface area contributed by atoms with Crippen molar-refractivity contribution in [3.05, 3.63) is 89.4 Å². The summed E-state index contributed by atoms with van der Waals surface area (Å²) < 4.78 is 17.5. The standard InChI is InChI=1S/C31H31FN/c1-19-20(2)30(32)29(22-7-5-4-6-8-22)18-27(19)31-26-12-11-24(17-25(26)13-14-33(31)3)28-16-21-9-10-23(28)15-21/h4-8,11-14,17-18,21,23,28H,9-10,15-16H2,1-3H3/q+1. The maximum Gasteiger partial charge on any atom is 0.220 e. The summed E-state index contributed by atoms with van der Waals surface area (Å²) in [5, 5.41) is 2.52. The van der Waals surface area contributed by atoms with E-state index in [1.54, 1.807) is 0 Å². The van der Waals surface area contributed by atoms with E-state index in [0.29, 0.717) is 5.56 Å². The number of hydrogen-bond acceptors (Lipinski definition) is 0. The van der Waals surface area contributed by atoms with Crippen LogP contribution in [0.3, 0.4) is 0 Å². The van der Waals surface area contributed by atoms with E-state index in [9.17, 15) is 0 Å². The minimum absolute atomic E-state index is 0.121.